The summed E-state index contributed by atoms with van der Waals surface area (Å²) in [7, 11) is 1.49. The van der Waals surface area contributed by atoms with E-state index in [1.165, 1.54) is 13.2 Å². The standard InChI is InChI=1S/C12H17NO4/c1-4-17-12(15)7(2)9-5-8(16-3)6-10(13)11(9)14/h5-7,14H,4,13H2,1-3H3. The van der Waals surface area contributed by atoms with Crippen molar-refractivity contribution < 1.29 is 19.4 Å². The third kappa shape index (κ3) is 2.81. The number of phenols is 1. The quantitative estimate of drug-likeness (QED) is 0.474. The summed E-state index contributed by atoms with van der Waals surface area (Å²) in [6.07, 6.45) is 0. The topological polar surface area (TPSA) is 81.8 Å². The molecule has 0 fully saturated rings. The van der Waals surface area contributed by atoms with Gasteiger partial charge in [-0.2, -0.15) is 0 Å². The number of benzene rings is 1. The van der Waals surface area contributed by atoms with E-state index in [2.05, 4.69) is 0 Å². The SMILES string of the molecule is CCOC(=O)C(C)c1cc(OC)cc(N)c1O. The van der Waals surface area contributed by atoms with Gasteiger partial charge in [-0.1, -0.05) is 0 Å². The molecule has 1 atom stereocenters. The van der Waals surface area contributed by atoms with Crippen LogP contribution in [0.4, 0.5) is 5.69 Å². The highest BCUT2D eigenvalue weighted by Gasteiger charge is 2.22. The van der Waals surface area contributed by atoms with Crippen LogP contribution in [0.25, 0.3) is 0 Å². The summed E-state index contributed by atoms with van der Waals surface area (Å²) in [6.45, 7) is 3.67. The molecule has 0 aliphatic carbocycles. The number of rotatable bonds is 4. The van der Waals surface area contributed by atoms with Gasteiger partial charge < -0.3 is 20.3 Å². The monoisotopic (exact) mass is 239 g/mol. The number of esters is 1. The lowest BCUT2D eigenvalue weighted by atomic mass is 9.99. The molecule has 0 bridgehead atoms. The lowest BCUT2D eigenvalue weighted by Gasteiger charge is -2.15. The fourth-order valence-corrected chi connectivity index (χ4v) is 1.49. The Balaban J connectivity index is 3.11. The van der Waals surface area contributed by atoms with E-state index in [0.29, 0.717) is 17.9 Å². The zero-order valence-electron chi connectivity index (χ0n) is 10.2. The van der Waals surface area contributed by atoms with E-state index in [1.54, 1.807) is 19.9 Å². The number of nitrogen functional groups attached to an aromatic ring is 1. The highest BCUT2D eigenvalue weighted by Crippen LogP contribution is 2.35. The zero-order valence-corrected chi connectivity index (χ0v) is 10.2. The van der Waals surface area contributed by atoms with Gasteiger partial charge in [-0.05, 0) is 19.9 Å². The number of ether oxygens (including phenoxy) is 2. The maximum Gasteiger partial charge on any atom is 0.313 e. The summed E-state index contributed by atoms with van der Waals surface area (Å²) in [5.41, 5.74) is 6.21. The van der Waals surface area contributed by atoms with Crippen LogP contribution in [0, 0.1) is 0 Å². The zero-order chi connectivity index (χ0) is 13.0. The normalized spacial score (nSPS) is 11.9. The third-order valence-corrected chi connectivity index (χ3v) is 2.48. The largest absolute Gasteiger partial charge is 0.505 e. The van der Waals surface area contributed by atoms with Crippen LogP contribution < -0.4 is 10.5 Å². The van der Waals surface area contributed by atoms with Crippen molar-refractivity contribution in [3.8, 4) is 11.5 Å². The smallest absolute Gasteiger partial charge is 0.313 e. The molecule has 0 saturated carbocycles. The van der Waals surface area contributed by atoms with Crippen molar-refractivity contribution in [2.75, 3.05) is 19.5 Å². The number of phenolic OH excluding ortho intramolecular Hbond substituents is 1. The maximum atomic E-state index is 11.6. The first-order valence-electron chi connectivity index (χ1n) is 5.34. The lowest BCUT2D eigenvalue weighted by Crippen LogP contribution is -2.13. The van der Waals surface area contributed by atoms with Gasteiger partial charge in [-0.3, -0.25) is 4.79 Å². The van der Waals surface area contributed by atoms with Crippen LogP contribution in [0.5, 0.6) is 11.5 Å². The lowest BCUT2D eigenvalue weighted by molar-refractivity contribution is -0.144. The van der Waals surface area contributed by atoms with E-state index < -0.39 is 11.9 Å². The molecule has 1 aromatic carbocycles. The van der Waals surface area contributed by atoms with E-state index >= 15 is 0 Å². The molecule has 94 valence electrons. The predicted molar refractivity (Wildman–Crippen MR) is 64.1 cm³/mol. The summed E-state index contributed by atoms with van der Waals surface area (Å²) >= 11 is 0. The van der Waals surface area contributed by atoms with Gasteiger partial charge in [0.15, 0.2) is 0 Å². The highest BCUT2D eigenvalue weighted by molar-refractivity contribution is 5.80. The van der Waals surface area contributed by atoms with Gasteiger partial charge in [0.05, 0.1) is 25.3 Å². The van der Waals surface area contributed by atoms with Gasteiger partial charge in [0.2, 0.25) is 0 Å². The number of nitrogens with two attached hydrogens (primary N) is 1. The van der Waals surface area contributed by atoms with Crippen LogP contribution in [0.2, 0.25) is 0 Å². The number of hydrogen-bond acceptors (Lipinski definition) is 5. The Labute approximate surface area is 100 Å². The molecular formula is C12H17NO4. The highest BCUT2D eigenvalue weighted by atomic mass is 16.5. The van der Waals surface area contributed by atoms with E-state index in [-0.39, 0.29) is 11.4 Å². The van der Waals surface area contributed by atoms with Gasteiger partial charge in [0, 0.05) is 11.6 Å². The summed E-state index contributed by atoms with van der Waals surface area (Å²) in [5, 5.41) is 9.82. The maximum absolute atomic E-state index is 11.6. The van der Waals surface area contributed by atoms with E-state index in [4.69, 9.17) is 15.2 Å². The molecular weight excluding hydrogens is 222 g/mol. The third-order valence-electron chi connectivity index (χ3n) is 2.48. The van der Waals surface area contributed by atoms with Crippen molar-refractivity contribution in [2.45, 2.75) is 19.8 Å². The van der Waals surface area contributed by atoms with Crippen LogP contribution in [-0.4, -0.2) is 24.8 Å². The first-order chi connectivity index (χ1) is 8.01. The number of aromatic hydroxyl groups is 1. The first kappa shape index (κ1) is 13.2. The summed E-state index contributed by atoms with van der Waals surface area (Å²) in [5.74, 6) is -0.611. The molecule has 0 aliphatic heterocycles. The van der Waals surface area contributed by atoms with Gasteiger partial charge >= 0.3 is 5.97 Å². The Morgan fingerprint density at radius 2 is 2.18 bits per heavy atom. The molecule has 1 rings (SSSR count). The van der Waals surface area contributed by atoms with Crippen molar-refractivity contribution >= 4 is 11.7 Å². The van der Waals surface area contributed by atoms with Crippen molar-refractivity contribution in [1.29, 1.82) is 0 Å². The Kier molecular flexibility index (Phi) is 4.20. The molecule has 0 amide bonds. The first-order valence-corrected chi connectivity index (χ1v) is 5.34. The summed E-state index contributed by atoms with van der Waals surface area (Å²) in [4.78, 5) is 11.6. The fourth-order valence-electron chi connectivity index (χ4n) is 1.49. The Morgan fingerprint density at radius 3 is 2.71 bits per heavy atom. The molecule has 0 spiro atoms. The molecule has 17 heavy (non-hydrogen) atoms. The Bertz CT molecular complexity index is 417. The molecule has 1 aromatic rings. The predicted octanol–water partition coefficient (Wildman–Crippen LogP) is 1.65. The van der Waals surface area contributed by atoms with Gasteiger partial charge in [-0.25, -0.2) is 0 Å². The number of carbonyl (C=O) groups is 1. The average molecular weight is 239 g/mol. The molecule has 0 heterocycles. The van der Waals surface area contributed by atoms with Crippen LogP contribution >= 0.6 is 0 Å². The second-order valence-corrected chi connectivity index (χ2v) is 3.63. The minimum absolute atomic E-state index is 0.105. The molecule has 0 radical (unpaired) electrons. The number of hydrogen-bond donors (Lipinski definition) is 2. The van der Waals surface area contributed by atoms with Gasteiger partial charge in [0.1, 0.15) is 11.5 Å². The molecule has 0 saturated heterocycles. The van der Waals surface area contributed by atoms with Crippen molar-refractivity contribution in [1.82, 2.24) is 0 Å². The van der Waals surface area contributed by atoms with Gasteiger partial charge in [-0.15, -0.1) is 0 Å². The minimum atomic E-state index is -0.590. The van der Waals surface area contributed by atoms with E-state index in [0.717, 1.165) is 0 Å². The molecule has 0 aromatic heterocycles. The van der Waals surface area contributed by atoms with Gasteiger partial charge in [0.25, 0.3) is 0 Å². The van der Waals surface area contributed by atoms with E-state index in [9.17, 15) is 9.90 Å². The number of methoxy groups -OCH3 is 1. The molecule has 3 N–H and O–H groups in total. The number of carbonyl (C=O) groups excluding carboxylic acids is 1. The van der Waals surface area contributed by atoms with Crippen LogP contribution in [0.15, 0.2) is 12.1 Å². The average Bonchev–Trinajstić information content (AvgIpc) is 2.31. The molecule has 1 unspecified atom stereocenters. The Morgan fingerprint density at radius 1 is 1.53 bits per heavy atom. The second-order valence-electron chi connectivity index (χ2n) is 3.63. The van der Waals surface area contributed by atoms with Crippen LogP contribution in [0.1, 0.15) is 25.3 Å². The summed E-state index contributed by atoms with van der Waals surface area (Å²) in [6, 6.07) is 3.07. The number of anilines is 1. The minimum Gasteiger partial charge on any atom is -0.505 e. The van der Waals surface area contributed by atoms with Crippen LogP contribution in [0.3, 0.4) is 0 Å². The van der Waals surface area contributed by atoms with E-state index in [1.807, 2.05) is 0 Å². The summed E-state index contributed by atoms with van der Waals surface area (Å²) < 4.78 is 9.93. The van der Waals surface area contributed by atoms with Crippen molar-refractivity contribution in [3.05, 3.63) is 17.7 Å². The molecule has 0 aliphatic rings. The Hall–Kier alpha value is -1.91. The van der Waals surface area contributed by atoms with Crippen molar-refractivity contribution in [2.24, 2.45) is 0 Å². The molecule has 5 heteroatoms. The molecule has 5 nitrogen and oxygen atoms in total. The van der Waals surface area contributed by atoms with Crippen LogP contribution in [-0.2, 0) is 9.53 Å². The van der Waals surface area contributed by atoms with Crippen molar-refractivity contribution in [3.63, 3.8) is 0 Å². The fraction of sp³-hybridized carbons (Fsp3) is 0.417. The second kappa shape index (κ2) is 5.43.